The van der Waals surface area contributed by atoms with Crippen LogP contribution in [-0.2, 0) is 9.59 Å². The summed E-state index contributed by atoms with van der Waals surface area (Å²) in [5, 5.41) is 0.719. The van der Waals surface area contributed by atoms with E-state index >= 15 is 0 Å². The monoisotopic (exact) mass is 320 g/mol. The zero-order valence-corrected chi connectivity index (χ0v) is 13.4. The third kappa shape index (κ3) is 3.27. The maximum absolute atomic E-state index is 12.4. The van der Waals surface area contributed by atoms with Gasteiger partial charge in [0.15, 0.2) is 0 Å². The van der Waals surface area contributed by atoms with Gasteiger partial charge in [-0.15, -0.1) is 0 Å². The molecule has 0 radical (unpaired) electrons. The SMILES string of the molecule is O=C(C(=O)N1CCCC(c2ccc(Cl)cc2)C1)N1CCCC1. The van der Waals surface area contributed by atoms with Crippen LogP contribution in [0.4, 0.5) is 0 Å². The first-order chi connectivity index (χ1) is 10.6. The highest BCUT2D eigenvalue weighted by atomic mass is 35.5. The van der Waals surface area contributed by atoms with Crippen molar-refractivity contribution in [2.24, 2.45) is 0 Å². The fourth-order valence-corrected chi connectivity index (χ4v) is 3.49. The molecule has 2 aliphatic rings. The summed E-state index contributed by atoms with van der Waals surface area (Å²) < 4.78 is 0. The first-order valence-corrected chi connectivity index (χ1v) is 8.36. The van der Waals surface area contributed by atoms with E-state index in [0.29, 0.717) is 19.0 Å². The van der Waals surface area contributed by atoms with Crippen molar-refractivity contribution >= 4 is 23.4 Å². The summed E-state index contributed by atoms with van der Waals surface area (Å²) in [4.78, 5) is 28.1. The van der Waals surface area contributed by atoms with Gasteiger partial charge in [-0.25, -0.2) is 0 Å². The molecule has 0 spiro atoms. The van der Waals surface area contributed by atoms with Gasteiger partial charge in [-0.1, -0.05) is 23.7 Å². The lowest BCUT2D eigenvalue weighted by Gasteiger charge is -2.33. The molecule has 0 saturated carbocycles. The number of piperidine rings is 1. The van der Waals surface area contributed by atoms with E-state index in [1.165, 1.54) is 5.56 Å². The molecule has 1 aromatic rings. The third-order valence-corrected chi connectivity index (χ3v) is 4.88. The van der Waals surface area contributed by atoms with Crippen molar-refractivity contribution in [1.82, 2.24) is 9.80 Å². The van der Waals surface area contributed by atoms with Crippen LogP contribution in [0.15, 0.2) is 24.3 Å². The average Bonchev–Trinajstić information content (AvgIpc) is 3.09. The Labute approximate surface area is 136 Å². The van der Waals surface area contributed by atoms with E-state index in [1.54, 1.807) is 9.80 Å². The Morgan fingerprint density at radius 3 is 2.18 bits per heavy atom. The highest BCUT2D eigenvalue weighted by Crippen LogP contribution is 2.28. The van der Waals surface area contributed by atoms with Crippen molar-refractivity contribution in [3.8, 4) is 0 Å². The standard InChI is InChI=1S/C17H21ClN2O2/c18-15-7-5-13(6-8-15)14-4-3-11-20(12-14)17(22)16(21)19-9-1-2-10-19/h5-8,14H,1-4,9-12H2. The zero-order valence-electron chi connectivity index (χ0n) is 12.6. The van der Waals surface area contributed by atoms with Crippen molar-refractivity contribution in [2.75, 3.05) is 26.2 Å². The Hall–Kier alpha value is -1.55. The van der Waals surface area contributed by atoms with Crippen molar-refractivity contribution in [1.29, 1.82) is 0 Å². The van der Waals surface area contributed by atoms with Crippen LogP contribution >= 0.6 is 11.6 Å². The van der Waals surface area contributed by atoms with E-state index in [1.807, 2.05) is 24.3 Å². The normalized spacial score (nSPS) is 22.0. The number of likely N-dealkylation sites (tertiary alicyclic amines) is 2. The van der Waals surface area contributed by atoms with E-state index in [0.717, 1.165) is 43.8 Å². The van der Waals surface area contributed by atoms with E-state index in [9.17, 15) is 9.59 Å². The summed E-state index contributed by atoms with van der Waals surface area (Å²) in [6.07, 6.45) is 3.99. The largest absolute Gasteiger partial charge is 0.334 e. The summed E-state index contributed by atoms with van der Waals surface area (Å²) in [6.45, 7) is 2.75. The number of amides is 2. The van der Waals surface area contributed by atoms with Crippen LogP contribution < -0.4 is 0 Å². The highest BCUT2D eigenvalue weighted by Gasteiger charge is 2.32. The Morgan fingerprint density at radius 2 is 1.50 bits per heavy atom. The summed E-state index contributed by atoms with van der Waals surface area (Å²) in [5.41, 5.74) is 1.19. The lowest BCUT2D eigenvalue weighted by molar-refractivity contribution is -0.151. The Balaban J connectivity index is 1.65. The molecule has 1 atom stereocenters. The van der Waals surface area contributed by atoms with Gasteiger partial charge in [-0.05, 0) is 43.4 Å². The molecule has 2 amide bonds. The second-order valence-electron chi connectivity index (χ2n) is 6.14. The molecule has 0 N–H and O–H groups in total. The van der Waals surface area contributed by atoms with Gasteiger partial charge in [-0.3, -0.25) is 9.59 Å². The summed E-state index contributed by atoms with van der Waals surface area (Å²) in [5.74, 6) is -0.365. The maximum Gasteiger partial charge on any atom is 0.312 e. The van der Waals surface area contributed by atoms with E-state index in [-0.39, 0.29) is 11.8 Å². The van der Waals surface area contributed by atoms with E-state index in [4.69, 9.17) is 11.6 Å². The summed E-state index contributed by atoms with van der Waals surface area (Å²) in [6, 6.07) is 7.80. The fraction of sp³-hybridized carbons (Fsp3) is 0.529. The lowest BCUT2D eigenvalue weighted by Crippen LogP contribution is -2.47. The molecule has 2 aliphatic heterocycles. The fourth-order valence-electron chi connectivity index (χ4n) is 3.36. The van der Waals surface area contributed by atoms with Crippen LogP contribution in [0, 0.1) is 0 Å². The topological polar surface area (TPSA) is 40.6 Å². The predicted octanol–water partition coefficient (Wildman–Crippen LogP) is 2.67. The van der Waals surface area contributed by atoms with Crippen molar-refractivity contribution < 1.29 is 9.59 Å². The highest BCUT2D eigenvalue weighted by molar-refractivity contribution is 6.35. The zero-order chi connectivity index (χ0) is 15.5. The smallest absolute Gasteiger partial charge is 0.312 e. The minimum absolute atomic E-state index is 0.293. The molecular weight excluding hydrogens is 300 g/mol. The molecule has 0 aromatic heterocycles. The predicted molar refractivity (Wildman–Crippen MR) is 85.8 cm³/mol. The van der Waals surface area contributed by atoms with E-state index in [2.05, 4.69) is 0 Å². The molecule has 4 nitrogen and oxygen atoms in total. The van der Waals surface area contributed by atoms with Crippen molar-refractivity contribution in [2.45, 2.75) is 31.6 Å². The molecule has 5 heteroatoms. The summed E-state index contributed by atoms with van der Waals surface area (Å²) in [7, 11) is 0. The molecule has 2 fully saturated rings. The number of benzene rings is 1. The van der Waals surface area contributed by atoms with Crippen LogP contribution in [0.5, 0.6) is 0 Å². The number of carbonyl (C=O) groups is 2. The lowest BCUT2D eigenvalue weighted by atomic mass is 9.90. The van der Waals surface area contributed by atoms with Gasteiger partial charge in [-0.2, -0.15) is 0 Å². The third-order valence-electron chi connectivity index (χ3n) is 4.63. The van der Waals surface area contributed by atoms with Gasteiger partial charge in [0.2, 0.25) is 0 Å². The maximum atomic E-state index is 12.4. The van der Waals surface area contributed by atoms with Crippen LogP contribution in [0.25, 0.3) is 0 Å². The molecule has 3 rings (SSSR count). The number of carbonyl (C=O) groups excluding carboxylic acids is 2. The van der Waals surface area contributed by atoms with Crippen LogP contribution in [0.1, 0.15) is 37.2 Å². The Bertz CT molecular complexity index is 552. The van der Waals surface area contributed by atoms with Crippen LogP contribution in [0.3, 0.4) is 0 Å². The number of hydrogen-bond acceptors (Lipinski definition) is 2. The first kappa shape index (κ1) is 15.3. The molecular formula is C17H21ClN2O2. The average molecular weight is 321 g/mol. The van der Waals surface area contributed by atoms with Crippen LogP contribution in [0.2, 0.25) is 5.02 Å². The Kier molecular flexibility index (Phi) is 4.67. The second kappa shape index (κ2) is 6.69. The van der Waals surface area contributed by atoms with Gasteiger partial charge in [0.1, 0.15) is 0 Å². The molecule has 0 bridgehead atoms. The van der Waals surface area contributed by atoms with Gasteiger partial charge >= 0.3 is 11.8 Å². The van der Waals surface area contributed by atoms with Gasteiger partial charge < -0.3 is 9.80 Å². The molecule has 0 aliphatic carbocycles. The quantitative estimate of drug-likeness (QED) is 0.746. The number of halogens is 1. The summed E-state index contributed by atoms with van der Waals surface area (Å²) >= 11 is 5.93. The molecule has 22 heavy (non-hydrogen) atoms. The van der Waals surface area contributed by atoms with Crippen molar-refractivity contribution in [3.63, 3.8) is 0 Å². The first-order valence-electron chi connectivity index (χ1n) is 7.99. The molecule has 118 valence electrons. The number of rotatable bonds is 1. The number of hydrogen-bond donors (Lipinski definition) is 0. The van der Waals surface area contributed by atoms with Gasteiger partial charge in [0, 0.05) is 37.1 Å². The molecule has 2 saturated heterocycles. The minimum atomic E-state index is -0.333. The molecule has 1 aromatic carbocycles. The number of nitrogens with zero attached hydrogens (tertiary/aromatic N) is 2. The van der Waals surface area contributed by atoms with Crippen LogP contribution in [-0.4, -0.2) is 47.8 Å². The molecule has 2 heterocycles. The van der Waals surface area contributed by atoms with Crippen molar-refractivity contribution in [3.05, 3.63) is 34.9 Å². The minimum Gasteiger partial charge on any atom is -0.334 e. The second-order valence-corrected chi connectivity index (χ2v) is 6.58. The van der Waals surface area contributed by atoms with Gasteiger partial charge in [0.05, 0.1) is 0 Å². The molecule has 1 unspecified atom stereocenters. The van der Waals surface area contributed by atoms with E-state index < -0.39 is 0 Å². The van der Waals surface area contributed by atoms with Gasteiger partial charge in [0.25, 0.3) is 0 Å². The Morgan fingerprint density at radius 1 is 0.909 bits per heavy atom.